The van der Waals surface area contributed by atoms with Crippen LogP contribution in [0.25, 0.3) is 5.65 Å². The molecule has 2 aliphatic carbocycles. The highest BCUT2D eigenvalue weighted by Gasteiger charge is 2.42. The van der Waals surface area contributed by atoms with Crippen molar-refractivity contribution in [1.29, 1.82) is 0 Å². The van der Waals surface area contributed by atoms with Gasteiger partial charge in [-0.1, -0.05) is 6.42 Å². The second kappa shape index (κ2) is 5.07. The highest BCUT2D eigenvalue weighted by Crippen LogP contribution is 2.49. The van der Waals surface area contributed by atoms with Crippen molar-refractivity contribution >= 4 is 11.6 Å². The molecule has 0 aliphatic heterocycles. The molecule has 5 nitrogen and oxygen atoms in total. The second-order valence-corrected chi connectivity index (χ2v) is 6.99. The first-order valence-corrected chi connectivity index (χ1v) is 8.24. The highest BCUT2D eigenvalue weighted by molar-refractivity contribution is 5.93. The molecule has 2 aliphatic rings. The van der Waals surface area contributed by atoms with Crippen LogP contribution in [0.1, 0.15) is 48.8 Å². The number of rotatable bonds is 3. The third-order valence-electron chi connectivity index (χ3n) is 5.51. The summed E-state index contributed by atoms with van der Waals surface area (Å²) in [6.45, 7) is 4.06. The molecule has 2 aromatic rings. The Morgan fingerprint density at radius 3 is 3.00 bits per heavy atom. The molecule has 4 atom stereocenters. The Labute approximate surface area is 130 Å². The smallest absolute Gasteiger partial charge is 0.270 e. The summed E-state index contributed by atoms with van der Waals surface area (Å²) < 4.78 is 1.64. The summed E-state index contributed by atoms with van der Waals surface area (Å²) >= 11 is 0. The standard InChI is InChI=1S/C17H22N4O/c1-10-7-16-18-6-5-15(21(16)20-10)17(22)19-11(2)14-9-12-3-4-13(14)8-12/h5-7,11-14H,3-4,8-9H2,1-2H3,(H,19,22). The lowest BCUT2D eigenvalue weighted by Crippen LogP contribution is -2.40. The van der Waals surface area contributed by atoms with Crippen LogP contribution in [-0.4, -0.2) is 26.5 Å². The fourth-order valence-electron chi connectivity index (χ4n) is 4.48. The fraction of sp³-hybridized carbons (Fsp3) is 0.588. The number of nitrogens with one attached hydrogen (secondary N) is 1. The summed E-state index contributed by atoms with van der Waals surface area (Å²) in [5.74, 6) is 2.30. The predicted molar refractivity (Wildman–Crippen MR) is 83.6 cm³/mol. The number of aryl methyl sites for hydroxylation is 1. The van der Waals surface area contributed by atoms with Gasteiger partial charge in [0.25, 0.3) is 5.91 Å². The molecular weight excluding hydrogens is 276 g/mol. The van der Waals surface area contributed by atoms with E-state index in [1.54, 1.807) is 16.8 Å². The number of carbonyl (C=O) groups is 1. The third kappa shape index (κ3) is 2.19. The van der Waals surface area contributed by atoms with E-state index < -0.39 is 0 Å². The average molecular weight is 298 g/mol. The van der Waals surface area contributed by atoms with Crippen molar-refractivity contribution in [1.82, 2.24) is 19.9 Å². The average Bonchev–Trinajstić information content (AvgIpc) is 3.19. The summed E-state index contributed by atoms with van der Waals surface area (Å²) in [6.07, 6.45) is 7.04. The largest absolute Gasteiger partial charge is 0.348 e. The lowest BCUT2D eigenvalue weighted by atomic mass is 9.84. The van der Waals surface area contributed by atoms with Gasteiger partial charge in [0.1, 0.15) is 5.69 Å². The zero-order valence-corrected chi connectivity index (χ0v) is 13.1. The third-order valence-corrected chi connectivity index (χ3v) is 5.51. The maximum absolute atomic E-state index is 12.6. The van der Waals surface area contributed by atoms with E-state index >= 15 is 0 Å². The minimum absolute atomic E-state index is 0.0502. The molecule has 22 heavy (non-hydrogen) atoms. The molecule has 4 unspecified atom stereocenters. The van der Waals surface area contributed by atoms with Gasteiger partial charge >= 0.3 is 0 Å². The van der Waals surface area contributed by atoms with Crippen molar-refractivity contribution in [3.8, 4) is 0 Å². The van der Waals surface area contributed by atoms with Crippen LogP contribution in [0.4, 0.5) is 0 Å². The number of carbonyl (C=O) groups excluding carboxylic acids is 1. The maximum Gasteiger partial charge on any atom is 0.270 e. The van der Waals surface area contributed by atoms with Crippen molar-refractivity contribution in [2.24, 2.45) is 17.8 Å². The summed E-state index contributed by atoms with van der Waals surface area (Å²) in [5.41, 5.74) is 2.15. The number of fused-ring (bicyclic) bond motifs is 3. The quantitative estimate of drug-likeness (QED) is 0.947. The van der Waals surface area contributed by atoms with Crippen molar-refractivity contribution in [3.63, 3.8) is 0 Å². The molecule has 116 valence electrons. The van der Waals surface area contributed by atoms with E-state index in [4.69, 9.17) is 0 Å². The zero-order chi connectivity index (χ0) is 15.3. The zero-order valence-electron chi connectivity index (χ0n) is 13.1. The maximum atomic E-state index is 12.6. The van der Waals surface area contributed by atoms with E-state index in [0.29, 0.717) is 11.6 Å². The van der Waals surface area contributed by atoms with Gasteiger partial charge in [0.2, 0.25) is 0 Å². The van der Waals surface area contributed by atoms with Crippen LogP contribution in [0.3, 0.4) is 0 Å². The van der Waals surface area contributed by atoms with E-state index in [-0.39, 0.29) is 11.9 Å². The number of amides is 1. The monoisotopic (exact) mass is 298 g/mol. The molecule has 2 fully saturated rings. The molecule has 0 radical (unpaired) electrons. The van der Waals surface area contributed by atoms with E-state index in [2.05, 4.69) is 22.3 Å². The molecule has 0 aromatic carbocycles. The van der Waals surface area contributed by atoms with E-state index in [0.717, 1.165) is 23.2 Å². The minimum Gasteiger partial charge on any atom is -0.348 e. The first-order valence-electron chi connectivity index (χ1n) is 8.24. The molecule has 2 heterocycles. The van der Waals surface area contributed by atoms with Crippen LogP contribution in [0, 0.1) is 24.7 Å². The number of hydrogen-bond acceptors (Lipinski definition) is 3. The topological polar surface area (TPSA) is 59.3 Å². The minimum atomic E-state index is -0.0502. The van der Waals surface area contributed by atoms with Crippen LogP contribution in [0.5, 0.6) is 0 Å². The van der Waals surface area contributed by atoms with Crippen LogP contribution in [-0.2, 0) is 0 Å². The Hall–Kier alpha value is -1.91. The predicted octanol–water partition coefficient (Wildman–Crippen LogP) is 2.59. The number of hydrogen-bond donors (Lipinski definition) is 1. The first kappa shape index (κ1) is 13.7. The first-order chi connectivity index (χ1) is 10.6. The van der Waals surface area contributed by atoms with E-state index in [1.807, 2.05) is 13.0 Å². The second-order valence-electron chi connectivity index (χ2n) is 6.99. The lowest BCUT2D eigenvalue weighted by Gasteiger charge is -2.28. The Morgan fingerprint density at radius 2 is 2.27 bits per heavy atom. The normalized spacial score (nSPS) is 28.2. The van der Waals surface area contributed by atoms with Crippen LogP contribution in [0.2, 0.25) is 0 Å². The Bertz CT molecular complexity index is 723. The van der Waals surface area contributed by atoms with Gasteiger partial charge in [-0.3, -0.25) is 4.79 Å². The van der Waals surface area contributed by atoms with Gasteiger partial charge in [-0.15, -0.1) is 0 Å². The molecule has 0 spiro atoms. The highest BCUT2D eigenvalue weighted by atomic mass is 16.2. The molecule has 0 saturated heterocycles. The SMILES string of the molecule is Cc1cc2nccc(C(=O)NC(C)C3CC4CCC3C4)n2n1. The van der Waals surface area contributed by atoms with Gasteiger partial charge in [-0.2, -0.15) is 5.10 Å². The van der Waals surface area contributed by atoms with Gasteiger partial charge in [0, 0.05) is 18.3 Å². The van der Waals surface area contributed by atoms with Crippen molar-refractivity contribution in [3.05, 3.63) is 29.7 Å². The number of aromatic nitrogens is 3. The van der Waals surface area contributed by atoms with Gasteiger partial charge < -0.3 is 5.32 Å². The van der Waals surface area contributed by atoms with Gasteiger partial charge in [-0.05, 0) is 56.9 Å². The van der Waals surface area contributed by atoms with E-state index in [1.165, 1.54) is 25.7 Å². The van der Waals surface area contributed by atoms with Gasteiger partial charge in [0.15, 0.2) is 5.65 Å². The van der Waals surface area contributed by atoms with Crippen molar-refractivity contribution < 1.29 is 4.79 Å². The summed E-state index contributed by atoms with van der Waals surface area (Å²) in [4.78, 5) is 16.9. The molecule has 1 N–H and O–H groups in total. The number of nitrogens with zero attached hydrogens (tertiary/aromatic N) is 3. The molecule has 4 rings (SSSR count). The van der Waals surface area contributed by atoms with Crippen LogP contribution >= 0.6 is 0 Å². The summed E-state index contributed by atoms with van der Waals surface area (Å²) in [6, 6.07) is 3.85. The Balaban J connectivity index is 1.53. The van der Waals surface area contributed by atoms with Crippen molar-refractivity contribution in [2.45, 2.75) is 45.6 Å². The summed E-state index contributed by atoms with van der Waals surface area (Å²) in [7, 11) is 0. The Morgan fingerprint density at radius 1 is 1.41 bits per heavy atom. The van der Waals surface area contributed by atoms with Gasteiger partial charge in [0.05, 0.1) is 5.69 Å². The van der Waals surface area contributed by atoms with Crippen LogP contribution in [0.15, 0.2) is 18.3 Å². The molecular formula is C17H22N4O. The Kier molecular flexibility index (Phi) is 3.17. The lowest BCUT2D eigenvalue weighted by molar-refractivity contribution is 0.0907. The molecule has 1 amide bonds. The molecule has 2 bridgehead atoms. The van der Waals surface area contributed by atoms with Gasteiger partial charge in [-0.25, -0.2) is 9.50 Å². The van der Waals surface area contributed by atoms with Crippen molar-refractivity contribution in [2.75, 3.05) is 0 Å². The molecule has 5 heteroatoms. The van der Waals surface area contributed by atoms with Crippen LogP contribution < -0.4 is 5.32 Å². The van der Waals surface area contributed by atoms with E-state index in [9.17, 15) is 4.79 Å². The molecule has 2 aromatic heterocycles. The fourth-order valence-corrected chi connectivity index (χ4v) is 4.48. The summed E-state index contributed by atoms with van der Waals surface area (Å²) in [5, 5.41) is 7.57. The molecule has 2 saturated carbocycles.